The van der Waals surface area contributed by atoms with Crippen LogP contribution >= 0.6 is 0 Å². The number of likely N-dealkylation sites (tertiary alicyclic amines) is 1. The minimum absolute atomic E-state index is 0.0278. The van der Waals surface area contributed by atoms with E-state index in [-0.39, 0.29) is 6.42 Å². The minimum Gasteiger partial charge on any atom is -0.480 e. The Hall–Kier alpha value is -1.59. The highest BCUT2D eigenvalue weighted by Gasteiger charge is 2.43. The van der Waals surface area contributed by atoms with E-state index in [9.17, 15) is 14.4 Å². The van der Waals surface area contributed by atoms with Crippen LogP contribution in [0, 0.1) is 5.92 Å². The highest BCUT2D eigenvalue weighted by Crippen LogP contribution is 2.22. The van der Waals surface area contributed by atoms with Crippen LogP contribution in [0.25, 0.3) is 0 Å². The van der Waals surface area contributed by atoms with Gasteiger partial charge in [0.25, 0.3) is 0 Å². The molecule has 0 spiro atoms. The molecule has 0 aromatic heterocycles. The predicted octanol–water partition coefficient (Wildman–Crippen LogP) is -1.60. The summed E-state index contributed by atoms with van der Waals surface area (Å²) in [5.74, 6) is -3.37. The molecule has 72 valence electrons. The molecule has 6 nitrogen and oxygen atoms in total. The number of carbonyl (C=O) groups excluding carboxylic acids is 2. The van der Waals surface area contributed by atoms with Gasteiger partial charge in [-0.3, -0.25) is 9.59 Å². The van der Waals surface area contributed by atoms with Crippen molar-refractivity contribution in [1.29, 1.82) is 0 Å². The van der Waals surface area contributed by atoms with Gasteiger partial charge in [0, 0.05) is 7.05 Å². The maximum absolute atomic E-state index is 11.2. The Morgan fingerprint density at radius 2 is 2.15 bits per heavy atom. The zero-order chi connectivity index (χ0) is 10.2. The molecule has 13 heavy (non-hydrogen) atoms. The van der Waals surface area contributed by atoms with Gasteiger partial charge in [-0.05, 0) is 6.42 Å². The summed E-state index contributed by atoms with van der Waals surface area (Å²) in [7, 11) is 1.35. The van der Waals surface area contributed by atoms with Crippen molar-refractivity contribution in [2.45, 2.75) is 12.5 Å². The second-order valence-electron chi connectivity index (χ2n) is 2.99. The number of carbonyl (C=O) groups is 3. The van der Waals surface area contributed by atoms with Crippen LogP contribution in [0.15, 0.2) is 0 Å². The Kier molecular flexibility index (Phi) is 2.22. The van der Waals surface area contributed by atoms with E-state index in [2.05, 4.69) is 0 Å². The van der Waals surface area contributed by atoms with E-state index in [0.29, 0.717) is 0 Å². The zero-order valence-corrected chi connectivity index (χ0v) is 7.06. The average Bonchev–Trinajstić information content (AvgIpc) is 2.29. The Balaban J connectivity index is 2.84. The van der Waals surface area contributed by atoms with Gasteiger partial charge in [0.05, 0.1) is 0 Å². The molecule has 3 N–H and O–H groups in total. The molecule has 1 saturated heterocycles. The third-order valence-electron chi connectivity index (χ3n) is 2.20. The van der Waals surface area contributed by atoms with Crippen LogP contribution in [0.4, 0.5) is 0 Å². The second kappa shape index (κ2) is 3.04. The van der Waals surface area contributed by atoms with Crippen molar-refractivity contribution in [3.8, 4) is 0 Å². The predicted molar refractivity (Wildman–Crippen MR) is 41.5 cm³/mol. The Morgan fingerprint density at radius 1 is 1.62 bits per heavy atom. The summed E-state index contributed by atoms with van der Waals surface area (Å²) in [5, 5.41) is 8.65. The average molecular weight is 186 g/mol. The first-order chi connectivity index (χ1) is 5.95. The number of nitrogens with two attached hydrogens (primary N) is 1. The smallest absolute Gasteiger partial charge is 0.326 e. The summed E-state index contributed by atoms with van der Waals surface area (Å²) in [5.41, 5.74) is 4.93. The fourth-order valence-corrected chi connectivity index (χ4v) is 1.39. The molecule has 0 aromatic carbocycles. The molecule has 1 aliphatic heterocycles. The molecule has 0 aromatic rings. The summed E-state index contributed by atoms with van der Waals surface area (Å²) in [4.78, 5) is 33.6. The van der Waals surface area contributed by atoms with Gasteiger partial charge in [-0.1, -0.05) is 0 Å². The first-order valence-electron chi connectivity index (χ1n) is 3.74. The molecular weight excluding hydrogens is 176 g/mol. The van der Waals surface area contributed by atoms with Gasteiger partial charge in [0.1, 0.15) is 12.0 Å². The molecule has 2 atom stereocenters. The molecule has 6 heteroatoms. The van der Waals surface area contributed by atoms with Gasteiger partial charge in [-0.15, -0.1) is 0 Å². The van der Waals surface area contributed by atoms with Crippen LogP contribution in [0.5, 0.6) is 0 Å². The molecule has 1 fully saturated rings. The fourth-order valence-electron chi connectivity index (χ4n) is 1.39. The van der Waals surface area contributed by atoms with Crippen molar-refractivity contribution in [3.63, 3.8) is 0 Å². The fraction of sp³-hybridized carbons (Fsp3) is 0.571. The lowest BCUT2D eigenvalue weighted by molar-refractivity contribution is -0.145. The first-order valence-corrected chi connectivity index (χ1v) is 3.74. The number of amides is 2. The van der Waals surface area contributed by atoms with E-state index in [1.807, 2.05) is 0 Å². The van der Waals surface area contributed by atoms with Crippen LogP contribution in [0.1, 0.15) is 6.42 Å². The lowest BCUT2D eigenvalue weighted by Crippen LogP contribution is -2.36. The SMILES string of the molecule is CN1C(=O)C(C(N)=O)CC1C(=O)O. The van der Waals surface area contributed by atoms with E-state index in [1.54, 1.807) is 0 Å². The zero-order valence-electron chi connectivity index (χ0n) is 7.06. The normalized spacial score (nSPS) is 27.8. The van der Waals surface area contributed by atoms with E-state index in [1.165, 1.54) is 7.05 Å². The Bertz CT molecular complexity index is 276. The minimum atomic E-state index is -1.11. The molecular formula is C7H10N2O4. The molecule has 1 heterocycles. The number of carboxylic acids is 1. The number of likely N-dealkylation sites (N-methyl/N-ethyl adjacent to an activating group) is 1. The van der Waals surface area contributed by atoms with E-state index >= 15 is 0 Å². The summed E-state index contributed by atoms with van der Waals surface area (Å²) in [6.07, 6.45) is -0.0278. The van der Waals surface area contributed by atoms with Gasteiger partial charge in [0.2, 0.25) is 11.8 Å². The van der Waals surface area contributed by atoms with Crippen molar-refractivity contribution >= 4 is 17.8 Å². The highest BCUT2D eigenvalue weighted by atomic mass is 16.4. The number of hydrogen-bond donors (Lipinski definition) is 2. The molecule has 0 saturated carbocycles. The maximum atomic E-state index is 11.2. The third kappa shape index (κ3) is 1.47. The lowest BCUT2D eigenvalue weighted by Gasteiger charge is -2.14. The van der Waals surface area contributed by atoms with E-state index in [4.69, 9.17) is 10.8 Å². The number of carboxylic acid groups (broad SMARTS) is 1. The number of nitrogens with zero attached hydrogens (tertiary/aromatic N) is 1. The molecule has 1 aliphatic rings. The third-order valence-corrected chi connectivity index (χ3v) is 2.20. The monoisotopic (exact) mass is 186 g/mol. The van der Waals surface area contributed by atoms with Crippen LogP contribution in [-0.2, 0) is 14.4 Å². The molecule has 0 bridgehead atoms. The van der Waals surface area contributed by atoms with Crippen LogP contribution in [-0.4, -0.2) is 40.9 Å². The Morgan fingerprint density at radius 3 is 2.38 bits per heavy atom. The summed E-state index contributed by atoms with van der Waals surface area (Å²) >= 11 is 0. The van der Waals surface area contributed by atoms with Gasteiger partial charge in [-0.2, -0.15) is 0 Å². The summed E-state index contributed by atoms with van der Waals surface area (Å²) in [6, 6.07) is -0.926. The summed E-state index contributed by atoms with van der Waals surface area (Å²) in [6.45, 7) is 0. The largest absolute Gasteiger partial charge is 0.480 e. The van der Waals surface area contributed by atoms with Crippen molar-refractivity contribution < 1.29 is 19.5 Å². The first kappa shape index (κ1) is 9.50. The van der Waals surface area contributed by atoms with Gasteiger partial charge >= 0.3 is 5.97 Å². The van der Waals surface area contributed by atoms with Gasteiger partial charge < -0.3 is 15.7 Å². The van der Waals surface area contributed by atoms with E-state index < -0.39 is 29.7 Å². The highest BCUT2D eigenvalue weighted by molar-refractivity contribution is 6.03. The van der Waals surface area contributed by atoms with E-state index in [0.717, 1.165) is 4.90 Å². The molecule has 1 rings (SSSR count). The quantitative estimate of drug-likeness (QED) is 0.507. The molecule has 2 amide bonds. The van der Waals surface area contributed by atoms with Gasteiger partial charge in [-0.25, -0.2) is 4.79 Å². The number of rotatable bonds is 2. The number of primary amides is 1. The van der Waals surface area contributed by atoms with Crippen LogP contribution in [0.3, 0.4) is 0 Å². The van der Waals surface area contributed by atoms with Crippen molar-refractivity contribution in [2.75, 3.05) is 7.05 Å². The van der Waals surface area contributed by atoms with Crippen molar-refractivity contribution in [2.24, 2.45) is 11.7 Å². The topological polar surface area (TPSA) is 101 Å². The van der Waals surface area contributed by atoms with Crippen LogP contribution in [0.2, 0.25) is 0 Å². The molecule has 0 radical (unpaired) electrons. The molecule has 2 unspecified atom stereocenters. The van der Waals surface area contributed by atoms with Gasteiger partial charge in [0.15, 0.2) is 0 Å². The molecule has 0 aliphatic carbocycles. The number of hydrogen-bond acceptors (Lipinski definition) is 3. The standard InChI is InChI=1S/C7H10N2O4/c1-9-4(7(12)13)2-3(5(8)10)6(9)11/h3-4H,2H2,1H3,(H2,8,10)(H,12,13). The van der Waals surface area contributed by atoms with Crippen LogP contribution < -0.4 is 5.73 Å². The number of aliphatic carboxylic acids is 1. The maximum Gasteiger partial charge on any atom is 0.326 e. The van der Waals surface area contributed by atoms with Crippen molar-refractivity contribution in [1.82, 2.24) is 4.90 Å². The Labute approximate surface area is 74.3 Å². The second-order valence-corrected chi connectivity index (χ2v) is 2.99. The summed E-state index contributed by atoms with van der Waals surface area (Å²) < 4.78 is 0. The lowest BCUT2D eigenvalue weighted by atomic mass is 10.1. The van der Waals surface area contributed by atoms with Crippen molar-refractivity contribution in [3.05, 3.63) is 0 Å².